The summed E-state index contributed by atoms with van der Waals surface area (Å²) in [6.45, 7) is 13.3. The van der Waals surface area contributed by atoms with Crippen LogP contribution >= 0.6 is 0 Å². The van der Waals surface area contributed by atoms with Gasteiger partial charge in [0.25, 0.3) is 0 Å². The zero-order valence-electron chi connectivity index (χ0n) is 13.7. The first-order valence-electron chi connectivity index (χ1n) is 7.46. The SMILES string of the molecule is CCCCOc1ccc(C(C)(C)C)cc1C(C)(C)C=O. The smallest absolute Gasteiger partial charge is 0.130 e. The van der Waals surface area contributed by atoms with Crippen LogP contribution < -0.4 is 4.74 Å². The lowest BCUT2D eigenvalue weighted by molar-refractivity contribution is -0.111. The molecule has 0 aliphatic carbocycles. The lowest BCUT2D eigenvalue weighted by Crippen LogP contribution is -2.22. The third-order valence-corrected chi connectivity index (χ3v) is 3.59. The lowest BCUT2D eigenvalue weighted by atomic mass is 9.80. The van der Waals surface area contributed by atoms with Gasteiger partial charge in [-0.05, 0) is 37.3 Å². The zero-order valence-corrected chi connectivity index (χ0v) is 13.7. The summed E-state index contributed by atoms with van der Waals surface area (Å²) in [5, 5.41) is 0. The Labute approximate surface area is 123 Å². The largest absolute Gasteiger partial charge is 0.493 e. The number of hydrogen-bond acceptors (Lipinski definition) is 2. The fraction of sp³-hybridized carbons (Fsp3) is 0.611. The van der Waals surface area contributed by atoms with E-state index in [0.29, 0.717) is 6.61 Å². The summed E-state index contributed by atoms with van der Waals surface area (Å²) in [4.78, 5) is 11.4. The van der Waals surface area contributed by atoms with Crippen LogP contribution in [0.1, 0.15) is 65.5 Å². The Morgan fingerprint density at radius 2 is 1.80 bits per heavy atom. The molecule has 0 amide bonds. The van der Waals surface area contributed by atoms with Crippen molar-refractivity contribution in [2.45, 2.75) is 65.2 Å². The minimum atomic E-state index is -0.525. The Balaban J connectivity index is 3.20. The van der Waals surface area contributed by atoms with E-state index in [2.05, 4.69) is 39.8 Å². The highest BCUT2D eigenvalue weighted by Crippen LogP contribution is 2.34. The van der Waals surface area contributed by atoms with Gasteiger partial charge in [-0.3, -0.25) is 0 Å². The van der Waals surface area contributed by atoms with Crippen molar-refractivity contribution in [3.63, 3.8) is 0 Å². The summed E-state index contributed by atoms with van der Waals surface area (Å²) in [7, 11) is 0. The summed E-state index contributed by atoms with van der Waals surface area (Å²) < 4.78 is 5.87. The highest BCUT2D eigenvalue weighted by molar-refractivity contribution is 5.69. The van der Waals surface area contributed by atoms with Crippen molar-refractivity contribution in [2.24, 2.45) is 0 Å². The number of carbonyl (C=O) groups is 1. The molecule has 0 fully saturated rings. The van der Waals surface area contributed by atoms with Crippen molar-refractivity contribution in [2.75, 3.05) is 6.61 Å². The second-order valence-corrected chi connectivity index (χ2v) is 7.00. The molecule has 0 aromatic heterocycles. The Bertz CT molecular complexity index is 453. The van der Waals surface area contributed by atoms with Crippen LogP contribution in [0.15, 0.2) is 18.2 Å². The van der Waals surface area contributed by atoms with Gasteiger partial charge >= 0.3 is 0 Å². The van der Waals surface area contributed by atoms with Crippen LogP contribution in [0.25, 0.3) is 0 Å². The number of ether oxygens (including phenoxy) is 1. The molecule has 1 aromatic carbocycles. The minimum Gasteiger partial charge on any atom is -0.493 e. The van der Waals surface area contributed by atoms with Crippen LogP contribution in [0.5, 0.6) is 5.75 Å². The first-order chi connectivity index (χ1) is 9.22. The number of carbonyl (C=O) groups excluding carboxylic acids is 1. The van der Waals surface area contributed by atoms with E-state index in [1.165, 1.54) is 5.56 Å². The van der Waals surface area contributed by atoms with Crippen LogP contribution in [0.4, 0.5) is 0 Å². The van der Waals surface area contributed by atoms with Gasteiger partial charge in [0.05, 0.1) is 6.61 Å². The Hall–Kier alpha value is -1.31. The molecular formula is C18H28O2. The van der Waals surface area contributed by atoms with Crippen molar-refractivity contribution in [3.8, 4) is 5.75 Å². The van der Waals surface area contributed by atoms with Gasteiger partial charge < -0.3 is 9.53 Å². The van der Waals surface area contributed by atoms with E-state index in [4.69, 9.17) is 4.74 Å². The first kappa shape index (κ1) is 16.7. The molecule has 1 rings (SSSR count). The van der Waals surface area contributed by atoms with Gasteiger partial charge in [-0.15, -0.1) is 0 Å². The van der Waals surface area contributed by atoms with Crippen LogP contribution in [0.2, 0.25) is 0 Å². The Kier molecular flexibility index (Phi) is 5.38. The van der Waals surface area contributed by atoms with E-state index >= 15 is 0 Å². The van der Waals surface area contributed by atoms with Crippen LogP contribution in [0.3, 0.4) is 0 Å². The number of rotatable bonds is 6. The molecule has 0 atom stereocenters. The molecule has 0 radical (unpaired) electrons. The standard InChI is InChI=1S/C18H28O2/c1-7-8-11-20-16-10-9-14(17(2,3)4)12-15(16)18(5,6)13-19/h9-10,12-13H,7-8,11H2,1-6H3. The van der Waals surface area contributed by atoms with E-state index in [9.17, 15) is 4.79 Å². The molecule has 0 spiro atoms. The van der Waals surface area contributed by atoms with Gasteiger partial charge in [-0.2, -0.15) is 0 Å². The molecular weight excluding hydrogens is 248 g/mol. The fourth-order valence-electron chi connectivity index (χ4n) is 2.02. The minimum absolute atomic E-state index is 0.0651. The van der Waals surface area contributed by atoms with Gasteiger partial charge in [0.2, 0.25) is 0 Å². The Morgan fingerprint density at radius 1 is 1.15 bits per heavy atom. The van der Waals surface area contributed by atoms with E-state index in [0.717, 1.165) is 30.4 Å². The number of hydrogen-bond donors (Lipinski definition) is 0. The van der Waals surface area contributed by atoms with E-state index < -0.39 is 5.41 Å². The second kappa shape index (κ2) is 6.43. The highest BCUT2D eigenvalue weighted by Gasteiger charge is 2.26. The molecule has 0 unspecified atom stereocenters. The molecule has 2 heteroatoms. The highest BCUT2D eigenvalue weighted by atomic mass is 16.5. The molecule has 0 saturated heterocycles. The molecule has 0 aliphatic heterocycles. The predicted octanol–water partition coefficient (Wildman–Crippen LogP) is 4.64. The maximum atomic E-state index is 11.4. The van der Waals surface area contributed by atoms with Gasteiger partial charge in [-0.25, -0.2) is 0 Å². The molecule has 0 saturated carbocycles. The average Bonchev–Trinajstić information content (AvgIpc) is 2.38. The van der Waals surface area contributed by atoms with E-state index in [1.807, 2.05) is 19.9 Å². The summed E-state index contributed by atoms with van der Waals surface area (Å²) in [5.74, 6) is 0.837. The molecule has 1 aromatic rings. The molecule has 112 valence electrons. The van der Waals surface area contributed by atoms with Crippen LogP contribution in [-0.2, 0) is 15.6 Å². The van der Waals surface area contributed by atoms with Crippen molar-refractivity contribution >= 4 is 6.29 Å². The van der Waals surface area contributed by atoms with Gasteiger partial charge in [0, 0.05) is 11.0 Å². The Morgan fingerprint density at radius 3 is 2.30 bits per heavy atom. The van der Waals surface area contributed by atoms with E-state index in [1.54, 1.807) is 0 Å². The fourth-order valence-corrected chi connectivity index (χ4v) is 2.02. The lowest BCUT2D eigenvalue weighted by Gasteiger charge is -2.26. The first-order valence-corrected chi connectivity index (χ1v) is 7.46. The predicted molar refractivity (Wildman–Crippen MR) is 84.6 cm³/mol. The average molecular weight is 276 g/mol. The molecule has 0 heterocycles. The number of unbranched alkanes of at least 4 members (excludes halogenated alkanes) is 1. The topological polar surface area (TPSA) is 26.3 Å². The van der Waals surface area contributed by atoms with Gasteiger partial charge in [0.15, 0.2) is 0 Å². The summed E-state index contributed by atoms with van der Waals surface area (Å²) >= 11 is 0. The summed E-state index contributed by atoms with van der Waals surface area (Å²) in [6.07, 6.45) is 3.13. The monoisotopic (exact) mass is 276 g/mol. The van der Waals surface area contributed by atoms with Crippen LogP contribution in [0, 0.1) is 0 Å². The summed E-state index contributed by atoms with van der Waals surface area (Å²) in [5.41, 5.74) is 1.75. The van der Waals surface area contributed by atoms with Crippen molar-refractivity contribution in [3.05, 3.63) is 29.3 Å². The van der Waals surface area contributed by atoms with E-state index in [-0.39, 0.29) is 5.41 Å². The van der Waals surface area contributed by atoms with Crippen molar-refractivity contribution in [1.29, 1.82) is 0 Å². The van der Waals surface area contributed by atoms with Crippen LogP contribution in [-0.4, -0.2) is 12.9 Å². The van der Waals surface area contributed by atoms with Crippen molar-refractivity contribution < 1.29 is 9.53 Å². The zero-order chi connectivity index (χ0) is 15.4. The maximum Gasteiger partial charge on any atom is 0.130 e. The molecule has 0 bridgehead atoms. The molecule has 0 aliphatic rings. The third-order valence-electron chi connectivity index (χ3n) is 3.59. The van der Waals surface area contributed by atoms with Gasteiger partial charge in [-0.1, -0.05) is 46.2 Å². The third kappa shape index (κ3) is 4.09. The molecule has 0 N–H and O–H groups in total. The molecule has 20 heavy (non-hydrogen) atoms. The van der Waals surface area contributed by atoms with Crippen molar-refractivity contribution in [1.82, 2.24) is 0 Å². The number of benzene rings is 1. The normalized spacial score (nSPS) is 12.3. The molecule has 2 nitrogen and oxygen atoms in total. The van der Waals surface area contributed by atoms with Gasteiger partial charge in [0.1, 0.15) is 12.0 Å². The second-order valence-electron chi connectivity index (χ2n) is 7.00. The number of aldehydes is 1. The quantitative estimate of drug-likeness (QED) is 0.559. The summed E-state index contributed by atoms with van der Waals surface area (Å²) in [6, 6.07) is 6.23. The maximum absolute atomic E-state index is 11.4.